The van der Waals surface area contributed by atoms with Gasteiger partial charge in [0, 0.05) is 16.1 Å². The molecule has 1 unspecified atom stereocenters. The number of aliphatic hydroxyl groups is 1. The zero-order valence-corrected chi connectivity index (χ0v) is 9.04. The summed E-state index contributed by atoms with van der Waals surface area (Å²) in [6.45, 7) is 0. The Bertz CT molecular complexity index is 396. The second kappa shape index (κ2) is 5.23. The zero-order valence-electron chi connectivity index (χ0n) is 8.28. The fourth-order valence-electron chi connectivity index (χ4n) is 1.26. The van der Waals surface area contributed by atoms with Crippen molar-refractivity contribution in [1.82, 2.24) is 0 Å². The summed E-state index contributed by atoms with van der Waals surface area (Å²) < 4.78 is 29.6. The number of aliphatic hydroxyl groups excluding tert-OH is 1. The highest BCUT2D eigenvalue weighted by Crippen LogP contribution is 2.33. The molecule has 88 valence electrons. The Morgan fingerprint density at radius 1 is 1.50 bits per heavy atom. The van der Waals surface area contributed by atoms with E-state index in [-0.39, 0.29) is 10.6 Å². The Balaban J connectivity index is 3.22. The number of halogens is 3. The van der Waals surface area contributed by atoms with Gasteiger partial charge < -0.3 is 9.84 Å². The van der Waals surface area contributed by atoms with E-state index < -0.39 is 24.1 Å². The third-order valence-electron chi connectivity index (χ3n) is 2.02. The quantitative estimate of drug-likeness (QED) is 0.839. The van der Waals surface area contributed by atoms with Gasteiger partial charge in [-0.05, 0) is 6.07 Å². The Morgan fingerprint density at radius 2 is 2.12 bits per heavy atom. The van der Waals surface area contributed by atoms with E-state index in [2.05, 4.69) is 4.74 Å². The molecular weight excluding hydrogens is 242 g/mol. The summed E-state index contributed by atoms with van der Waals surface area (Å²) in [7, 11) is 1.05. The van der Waals surface area contributed by atoms with Crippen molar-refractivity contribution in [3.63, 3.8) is 0 Å². The van der Waals surface area contributed by atoms with Crippen LogP contribution in [0.4, 0.5) is 8.78 Å². The van der Waals surface area contributed by atoms with E-state index in [1.165, 1.54) is 18.2 Å². The van der Waals surface area contributed by atoms with Gasteiger partial charge >= 0.3 is 5.97 Å². The molecule has 0 bridgehead atoms. The smallest absolute Gasteiger partial charge is 0.339 e. The van der Waals surface area contributed by atoms with Gasteiger partial charge in [-0.15, -0.1) is 0 Å². The number of esters is 1. The largest absolute Gasteiger partial charge is 0.467 e. The van der Waals surface area contributed by atoms with Crippen LogP contribution in [0.15, 0.2) is 18.2 Å². The lowest BCUT2D eigenvalue weighted by Crippen LogP contribution is -2.15. The first-order valence-corrected chi connectivity index (χ1v) is 4.69. The lowest BCUT2D eigenvalue weighted by atomic mass is 10.0. The molecule has 1 atom stereocenters. The topological polar surface area (TPSA) is 46.5 Å². The van der Waals surface area contributed by atoms with Crippen LogP contribution in [-0.4, -0.2) is 18.2 Å². The molecule has 0 radical (unpaired) electrons. The standard InChI is InChI=1S/C10H9ClF2O3/c1-16-10(15)8(14)5-3-2-4-6(11)7(5)9(12)13/h2-4,8-9,14H,1H3. The minimum absolute atomic E-state index is 0.199. The van der Waals surface area contributed by atoms with E-state index >= 15 is 0 Å². The van der Waals surface area contributed by atoms with Crippen molar-refractivity contribution >= 4 is 17.6 Å². The van der Waals surface area contributed by atoms with Gasteiger partial charge in [0.05, 0.1) is 7.11 Å². The summed E-state index contributed by atoms with van der Waals surface area (Å²) in [5.74, 6) is -1.01. The van der Waals surface area contributed by atoms with Crippen LogP contribution in [0.2, 0.25) is 5.02 Å². The molecule has 0 saturated carbocycles. The molecule has 1 N–H and O–H groups in total. The first kappa shape index (κ1) is 12.9. The Morgan fingerprint density at radius 3 is 2.62 bits per heavy atom. The summed E-state index contributed by atoms with van der Waals surface area (Å²) >= 11 is 5.57. The maximum Gasteiger partial charge on any atom is 0.339 e. The lowest BCUT2D eigenvalue weighted by molar-refractivity contribution is -0.150. The number of benzene rings is 1. The molecule has 1 rings (SSSR count). The predicted octanol–water partition coefficient (Wildman–Crippen LogP) is 2.48. The van der Waals surface area contributed by atoms with Crippen molar-refractivity contribution in [2.75, 3.05) is 7.11 Å². The Hall–Kier alpha value is -1.20. The molecule has 0 amide bonds. The van der Waals surface area contributed by atoms with Crippen molar-refractivity contribution < 1.29 is 23.4 Å². The summed E-state index contributed by atoms with van der Waals surface area (Å²) in [6.07, 6.45) is -4.63. The van der Waals surface area contributed by atoms with Gasteiger partial charge in [0.2, 0.25) is 0 Å². The number of carbonyl (C=O) groups is 1. The summed E-state index contributed by atoms with van der Waals surface area (Å²) in [5, 5.41) is 9.28. The second-order valence-electron chi connectivity index (χ2n) is 2.97. The molecule has 0 aromatic heterocycles. The number of ether oxygens (including phenoxy) is 1. The van der Waals surface area contributed by atoms with Crippen LogP contribution in [0.3, 0.4) is 0 Å². The maximum atomic E-state index is 12.7. The van der Waals surface area contributed by atoms with Crippen molar-refractivity contribution in [1.29, 1.82) is 0 Å². The number of hydrogen-bond acceptors (Lipinski definition) is 3. The molecule has 16 heavy (non-hydrogen) atoms. The van der Waals surface area contributed by atoms with Gasteiger partial charge in [0.25, 0.3) is 6.43 Å². The van der Waals surface area contributed by atoms with E-state index in [1.807, 2.05) is 0 Å². The number of methoxy groups -OCH3 is 1. The highest BCUT2D eigenvalue weighted by molar-refractivity contribution is 6.31. The molecular formula is C10H9ClF2O3. The zero-order chi connectivity index (χ0) is 12.3. The van der Waals surface area contributed by atoms with Crippen molar-refractivity contribution in [2.45, 2.75) is 12.5 Å². The lowest BCUT2D eigenvalue weighted by Gasteiger charge is -2.14. The predicted molar refractivity (Wildman–Crippen MR) is 53.4 cm³/mol. The maximum absolute atomic E-state index is 12.7. The number of hydrogen-bond donors (Lipinski definition) is 1. The fraction of sp³-hybridized carbons (Fsp3) is 0.300. The molecule has 0 aliphatic heterocycles. The molecule has 0 fully saturated rings. The van der Waals surface area contributed by atoms with Gasteiger partial charge in [0.1, 0.15) is 0 Å². The SMILES string of the molecule is COC(=O)C(O)c1cccc(Cl)c1C(F)F. The van der Waals surface area contributed by atoms with Gasteiger partial charge in [-0.25, -0.2) is 13.6 Å². The van der Waals surface area contributed by atoms with Crippen LogP contribution < -0.4 is 0 Å². The molecule has 1 aromatic rings. The third-order valence-corrected chi connectivity index (χ3v) is 2.35. The van der Waals surface area contributed by atoms with Crippen LogP contribution in [0.5, 0.6) is 0 Å². The minimum atomic E-state index is -2.87. The highest BCUT2D eigenvalue weighted by Gasteiger charge is 2.26. The Labute approximate surface area is 95.6 Å². The monoisotopic (exact) mass is 250 g/mol. The van der Waals surface area contributed by atoms with Crippen LogP contribution in [0.1, 0.15) is 23.7 Å². The first-order valence-electron chi connectivity index (χ1n) is 4.31. The van der Waals surface area contributed by atoms with Gasteiger partial charge in [-0.1, -0.05) is 23.7 Å². The van der Waals surface area contributed by atoms with Gasteiger partial charge in [-0.2, -0.15) is 0 Å². The summed E-state index contributed by atoms with van der Waals surface area (Å²) in [4.78, 5) is 11.0. The molecule has 0 aliphatic carbocycles. The average molecular weight is 251 g/mol. The minimum Gasteiger partial charge on any atom is -0.467 e. The third kappa shape index (κ3) is 2.48. The molecule has 0 saturated heterocycles. The van der Waals surface area contributed by atoms with E-state index in [4.69, 9.17) is 11.6 Å². The number of carbonyl (C=O) groups excluding carboxylic acids is 1. The van der Waals surface area contributed by atoms with E-state index in [9.17, 15) is 18.7 Å². The number of alkyl halides is 2. The van der Waals surface area contributed by atoms with Crippen molar-refractivity contribution in [3.8, 4) is 0 Å². The van der Waals surface area contributed by atoms with E-state index in [1.54, 1.807) is 0 Å². The second-order valence-corrected chi connectivity index (χ2v) is 3.38. The molecule has 0 aliphatic rings. The molecule has 0 heterocycles. The highest BCUT2D eigenvalue weighted by atomic mass is 35.5. The van der Waals surface area contributed by atoms with Gasteiger partial charge in [0.15, 0.2) is 6.10 Å². The van der Waals surface area contributed by atoms with E-state index in [0.29, 0.717) is 0 Å². The molecule has 1 aromatic carbocycles. The summed E-state index contributed by atoms with van der Waals surface area (Å²) in [5.41, 5.74) is -0.795. The van der Waals surface area contributed by atoms with Crippen molar-refractivity contribution in [2.24, 2.45) is 0 Å². The van der Waals surface area contributed by atoms with Gasteiger partial charge in [-0.3, -0.25) is 0 Å². The van der Waals surface area contributed by atoms with Crippen molar-refractivity contribution in [3.05, 3.63) is 34.3 Å². The molecule has 3 nitrogen and oxygen atoms in total. The summed E-state index contributed by atoms with van der Waals surface area (Å²) in [6, 6.07) is 3.83. The molecule has 0 spiro atoms. The fourth-order valence-corrected chi connectivity index (χ4v) is 1.53. The normalized spacial score (nSPS) is 12.6. The van der Waals surface area contributed by atoms with Crippen LogP contribution >= 0.6 is 11.6 Å². The van der Waals surface area contributed by atoms with E-state index in [0.717, 1.165) is 7.11 Å². The molecule has 6 heteroatoms. The van der Waals surface area contributed by atoms with Crippen LogP contribution in [0.25, 0.3) is 0 Å². The number of rotatable bonds is 3. The Kier molecular flexibility index (Phi) is 4.20. The van der Waals surface area contributed by atoms with Crippen LogP contribution in [-0.2, 0) is 9.53 Å². The average Bonchev–Trinajstić information content (AvgIpc) is 2.26. The van der Waals surface area contributed by atoms with Crippen LogP contribution in [0, 0.1) is 0 Å². The first-order chi connectivity index (χ1) is 7.49.